The van der Waals surface area contributed by atoms with Crippen molar-refractivity contribution in [3.63, 3.8) is 0 Å². The molecule has 19 heavy (non-hydrogen) atoms. The van der Waals surface area contributed by atoms with Crippen LogP contribution in [0.5, 0.6) is 0 Å². The fraction of sp³-hybridized carbons (Fsp3) is 0.400. The zero-order valence-electron chi connectivity index (χ0n) is 10.6. The van der Waals surface area contributed by atoms with E-state index >= 15 is 0 Å². The van der Waals surface area contributed by atoms with Gasteiger partial charge in [-0.3, -0.25) is 4.79 Å². The van der Waals surface area contributed by atoms with Gasteiger partial charge in [0.05, 0.1) is 16.3 Å². The molecule has 0 atom stereocenters. The number of nitrogens with one attached hydrogen (secondary N) is 1. The van der Waals surface area contributed by atoms with Crippen LogP contribution in [0.4, 0.5) is 5.69 Å². The largest absolute Gasteiger partial charge is 0.481 e. The van der Waals surface area contributed by atoms with Gasteiger partial charge in [-0.25, -0.2) is 0 Å². The number of thiophene rings is 1. The monoisotopic (exact) mass is 275 g/mol. The zero-order chi connectivity index (χ0) is 13.2. The van der Waals surface area contributed by atoms with Crippen LogP contribution in [-0.2, 0) is 4.79 Å². The molecule has 1 heterocycles. The summed E-state index contributed by atoms with van der Waals surface area (Å²) in [5, 5.41) is 16.0. The molecule has 1 aliphatic rings. The first-order valence-corrected chi connectivity index (χ1v) is 7.57. The van der Waals surface area contributed by atoms with Gasteiger partial charge in [-0.1, -0.05) is 12.1 Å². The molecule has 2 N–H and O–H groups in total. The predicted octanol–water partition coefficient (Wildman–Crippen LogP) is 3.96. The third-order valence-corrected chi connectivity index (χ3v) is 4.88. The van der Waals surface area contributed by atoms with Crippen LogP contribution in [0.1, 0.15) is 25.7 Å². The Morgan fingerprint density at radius 3 is 2.74 bits per heavy atom. The summed E-state index contributed by atoms with van der Waals surface area (Å²) in [6.07, 6.45) is 3.46. The predicted molar refractivity (Wildman–Crippen MR) is 78.8 cm³/mol. The number of aliphatic carboxylic acids is 1. The first-order valence-electron chi connectivity index (χ1n) is 6.69. The highest BCUT2D eigenvalue weighted by Gasteiger charge is 2.25. The Labute approximate surface area is 116 Å². The minimum absolute atomic E-state index is 0.143. The lowest BCUT2D eigenvalue weighted by atomic mass is 9.86. The van der Waals surface area contributed by atoms with Crippen molar-refractivity contribution in [1.82, 2.24) is 0 Å². The van der Waals surface area contributed by atoms with Crippen LogP contribution in [0, 0.1) is 5.92 Å². The molecule has 100 valence electrons. The van der Waals surface area contributed by atoms with E-state index < -0.39 is 5.97 Å². The van der Waals surface area contributed by atoms with E-state index in [0.717, 1.165) is 25.7 Å². The highest BCUT2D eigenvalue weighted by Crippen LogP contribution is 2.32. The summed E-state index contributed by atoms with van der Waals surface area (Å²) in [6.45, 7) is 0. The molecule has 0 bridgehead atoms. The lowest BCUT2D eigenvalue weighted by molar-refractivity contribution is -0.142. The fourth-order valence-electron chi connectivity index (χ4n) is 2.81. The van der Waals surface area contributed by atoms with Crippen molar-refractivity contribution in [2.24, 2.45) is 5.92 Å². The second-order valence-corrected chi connectivity index (χ2v) is 6.09. The van der Waals surface area contributed by atoms with Crippen LogP contribution < -0.4 is 5.32 Å². The van der Waals surface area contributed by atoms with Crippen molar-refractivity contribution in [3.8, 4) is 0 Å². The number of carbonyl (C=O) groups is 1. The maximum atomic E-state index is 10.9. The highest BCUT2D eigenvalue weighted by molar-refractivity contribution is 7.17. The first kappa shape index (κ1) is 12.5. The molecule has 0 radical (unpaired) electrons. The topological polar surface area (TPSA) is 49.3 Å². The highest BCUT2D eigenvalue weighted by atomic mass is 32.1. The Morgan fingerprint density at radius 2 is 2.00 bits per heavy atom. The molecular formula is C15H17NO2S. The average molecular weight is 275 g/mol. The summed E-state index contributed by atoms with van der Waals surface area (Å²) in [4.78, 5) is 10.9. The van der Waals surface area contributed by atoms with Crippen molar-refractivity contribution in [3.05, 3.63) is 29.6 Å². The third kappa shape index (κ3) is 2.59. The molecule has 4 heteroatoms. The SMILES string of the molecule is O=C(O)C1CCC(Nc2cccc3ccsc23)CC1. The molecule has 2 aromatic rings. The maximum Gasteiger partial charge on any atom is 0.306 e. The molecule has 0 spiro atoms. The quantitative estimate of drug-likeness (QED) is 0.891. The normalized spacial score (nSPS) is 23.4. The number of hydrogen-bond acceptors (Lipinski definition) is 3. The molecule has 1 aromatic carbocycles. The molecular weight excluding hydrogens is 258 g/mol. The first-order chi connectivity index (χ1) is 9.24. The van der Waals surface area contributed by atoms with Gasteiger partial charge >= 0.3 is 5.97 Å². The third-order valence-electron chi connectivity index (χ3n) is 3.92. The molecule has 0 aliphatic heterocycles. The van der Waals surface area contributed by atoms with Gasteiger partial charge in [0, 0.05) is 6.04 Å². The lowest BCUT2D eigenvalue weighted by Crippen LogP contribution is -2.29. The fourth-order valence-corrected chi connectivity index (χ4v) is 3.69. The van der Waals surface area contributed by atoms with E-state index in [9.17, 15) is 4.79 Å². The van der Waals surface area contributed by atoms with Crippen LogP contribution in [0.15, 0.2) is 29.6 Å². The molecule has 3 nitrogen and oxygen atoms in total. The summed E-state index contributed by atoms with van der Waals surface area (Å²) < 4.78 is 1.29. The zero-order valence-corrected chi connectivity index (χ0v) is 11.5. The number of rotatable bonds is 3. The lowest BCUT2D eigenvalue weighted by Gasteiger charge is -2.27. The van der Waals surface area contributed by atoms with Crippen molar-refractivity contribution in [2.45, 2.75) is 31.7 Å². The summed E-state index contributed by atoms with van der Waals surface area (Å²) in [5.41, 5.74) is 1.19. The van der Waals surface area contributed by atoms with Gasteiger partial charge in [-0.2, -0.15) is 0 Å². The Balaban J connectivity index is 1.69. The molecule has 0 amide bonds. The van der Waals surface area contributed by atoms with Crippen LogP contribution in [-0.4, -0.2) is 17.1 Å². The minimum Gasteiger partial charge on any atom is -0.481 e. The Bertz CT molecular complexity index is 585. The van der Waals surface area contributed by atoms with E-state index in [1.54, 1.807) is 11.3 Å². The van der Waals surface area contributed by atoms with E-state index in [2.05, 4.69) is 35.0 Å². The van der Waals surface area contributed by atoms with Gasteiger partial charge in [0.2, 0.25) is 0 Å². The van der Waals surface area contributed by atoms with Gasteiger partial charge in [0.1, 0.15) is 0 Å². The van der Waals surface area contributed by atoms with E-state index in [1.165, 1.54) is 15.8 Å². The maximum absolute atomic E-state index is 10.9. The molecule has 1 aliphatic carbocycles. The Hall–Kier alpha value is -1.55. The van der Waals surface area contributed by atoms with Crippen molar-refractivity contribution < 1.29 is 9.90 Å². The van der Waals surface area contributed by atoms with Gasteiger partial charge in [-0.15, -0.1) is 11.3 Å². The Morgan fingerprint density at radius 1 is 1.21 bits per heavy atom. The molecule has 0 saturated heterocycles. The van der Waals surface area contributed by atoms with E-state index in [1.807, 2.05) is 0 Å². The number of benzene rings is 1. The summed E-state index contributed by atoms with van der Waals surface area (Å²) in [5.74, 6) is -0.783. The van der Waals surface area contributed by atoms with Crippen molar-refractivity contribution in [2.75, 3.05) is 5.32 Å². The standard InChI is InChI=1S/C15H17NO2S/c17-15(18)11-4-6-12(7-5-11)16-13-3-1-2-10-8-9-19-14(10)13/h1-3,8-9,11-12,16H,4-7H2,(H,17,18). The number of fused-ring (bicyclic) bond motifs is 1. The van der Waals surface area contributed by atoms with Gasteiger partial charge < -0.3 is 10.4 Å². The number of carboxylic acid groups (broad SMARTS) is 1. The van der Waals surface area contributed by atoms with Gasteiger partial charge in [0.15, 0.2) is 0 Å². The molecule has 1 saturated carbocycles. The molecule has 1 aromatic heterocycles. The summed E-state index contributed by atoms with van der Waals surface area (Å²) in [6, 6.07) is 8.84. The van der Waals surface area contributed by atoms with Crippen LogP contribution in [0.3, 0.4) is 0 Å². The van der Waals surface area contributed by atoms with Crippen LogP contribution >= 0.6 is 11.3 Å². The van der Waals surface area contributed by atoms with Gasteiger partial charge in [0.25, 0.3) is 0 Å². The van der Waals surface area contributed by atoms with Crippen molar-refractivity contribution in [1.29, 1.82) is 0 Å². The van der Waals surface area contributed by atoms with E-state index in [4.69, 9.17) is 5.11 Å². The van der Waals surface area contributed by atoms with Gasteiger partial charge in [-0.05, 0) is 48.6 Å². The van der Waals surface area contributed by atoms with Crippen molar-refractivity contribution >= 4 is 33.1 Å². The van der Waals surface area contributed by atoms with Crippen LogP contribution in [0.2, 0.25) is 0 Å². The minimum atomic E-state index is -0.640. The van der Waals surface area contributed by atoms with E-state index in [0.29, 0.717) is 6.04 Å². The second-order valence-electron chi connectivity index (χ2n) is 5.18. The number of hydrogen-bond donors (Lipinski definition) is 2. The summed E-state index contributed by atoms with van der Waals surface area (Å²) in [7, 11) is 0. The average Bonchev–Trinajstić information content (AvgIpc) is 2.89. The van der Waals surface area contributed by atoms with Crippen LogP contribution in [0.25, 0.3) is 10.1 Å². The van der Waals surface area contributed by atoms with E-state index in [-0.39, 0.29) is 5.92 Å². The Kier molecular flexibility index (Phi) is 3.42. The second kappa shape index (κ2) is 5.21. The summed E-state index contributed by atoms with van der Waals surface area (Å²) >= 11 is 1.75. The number of carboxylic acids is 1. The smallest absolute Gasteiger partial charge is 0.306 e. The molecule has 1 fully saturated rings. The molecule has 0 unspecified atom stereocenters. The number of anilines is 1. The molecule has 3 rings (SSSR count).